The van der Waals surface area contributed by atoms with Gasteiger partial charge in [-0.1, -0.05) is 72.8 Å². The third kappa shape index (κ3) is 5.58. The van der Waals surface area contributed by atoms with Crippen molar-refractivity contribution in [2.45, 2.75) is 11.1 Å². The number of anilines is 2. The van der Waals surface area contributed by atoms with Crippen molar-refractivity contribution in [1.29, 1.82) is 0 Å². The number of hydrogen-bond acceptors (Lipinski definition) is 3. The molecule has 0 unspecified atom stereocenters. The van der Waals surface area contributed by atoms with Crippen LogP contribution in [0.4, 0.5) is 24.5 Å². The van der Waals surface area contributed by atoms with Gasteiger partial charge in [-0.25, -0.2) is 8.42 Å². The highest BCUT2D eigenvalue weighted by Gasteiger charge is 2.33. The van der Waals surface area contributed by atoms with Gasteiger partial charge in [0.05, 0.1) is 16.1 Å². The zero-order valence-corrected chi connectivity index (χ0v) is 19.6. The molecule has 0 aromatic heterocycles. The van der Waals surface area contributed by atoms with Crippen LogP contribution in [0.3, 0.4) is 0 Å². The highest BCUT2D eigenvalue weighted by atomic mass is 32.2. The number of rotatable bonds is 7. The minimum atomic E-state index is -4.69. The van der Waals surface area contributed by atoms with Crippen molar-refractivity contribution in [2.75, 3.05) is 16.2 Å². The van der Waals surface area contributed by atoms with Gasteiger partial charge in [0.15, 0.2) is 0 Å². The largest absolute Gasteiger partial charge is 0.416 e. The van der Waals surface area contributed by atoms with E-state index >= 15 is 0 Å². The zero-order chi connectivity index (χ0) is 25.8. The molecule has 4 aromatic rings. The topological polar surface area (TPSA) is 66.5 Å². The van der Waals surface area contributed by atoms with E-state index in [1.165, 1.54) is 30.3 Å². The Kier molecular flexibility index (Phi) is 7.12. The van der Waals surface area contributed by atoms with Crippen molar-refractivity contribution in [2.24, 2.45) is 0 Å². The van der Waals surface area contributed by atoms with Gasteiger partial charge in [0.25, 0.3) is 10.0 Å². The molecule has 9 heteroatoms. The molecule has 0 aliphatic carbocycles. The average Bonchev–Trinajstić information content (AvgIpc) is 2.88. The minimum absolute atomic E-state index is 0.153. The van der Waals surface area contributed by atoms with Gasteiger partial charge in [-0.15, -0.1) is 0 Å². The number of carbonyl (C=O) groups excluding carboxylic acids is 1. The fourth-order valence-corrected chi connectivity index (χ4v) is 5.09. The van der Waals surface area contributed by atoms with Crippen LogP contribution in [0.25, 0.3) is 11.1 Å². The van der Waals surface area contributed by atoms with Crippen molar-refractivity contribution in [3.05, 3.63) is 115 Å². The first kappa shape index (κ1) is 25.0. The molecule has 1 N–H and O–H groups in total. The van der Waals surface area contributed by atoms with E-state index in [1.54, 1.807) is 30.3 Å². The summed E-state index contributed by atoms with van der Waals surface area (Å²) in [6.07, 6.45) is -4.69. The Morgan fingerprint density at radius 1 is 0.778 bits per heavy atom. The number of nitrogens with one attached hydrogen (secondary N) is 1. The van der Waals surface area contributed by atoms with Gasteiger partial charge in [-0.3, -0.25) is 9.10 Å². The summed E-state index contributed by atoms with van der Waals surface area (Å²) in [5, 5.41) is 2.71. The van der Waals surface area contributed by atoms with Crippen molar-refractivity contribution in [1.82, 2.24) is 0 Å². The molecular weight excluding hydrogens is 489 g/mol. The van der Waals surface area contributed by atoms with Gasteiger partial charge in [-0.05, 0) is 42.0 Å². The Hall–Kier alpha value is -4.11. The summed E-state index contributed by atoms with van der Waals surface area (Å²) in [5.74, 6) is -0.713. The zero-order valence-electron chi connectivity index (χ0n) is 18.8. The van der Waals surface area contributed by atoms with Gasteiger partial charge in [0, 0.05) is 11.3 Å². The summed E-state index contributed by atoms with van der Waals surface area (Å²) in [6.45, 7) is -0.734. The molecule has 0 spiro atoms. The molecule has 4 aromatic carbocycles. The predicted molar refractivity (Wildman–Crippen MR) is 133 cm³/mol. The molecule has 4 rings (SSSR count). The fourth-order valence-electron chi connectivity index (χ4n) is 3.65. The molecule has 184 valence electrons. The van der Waals surface area contributed by atoms with Gasteiger partial charge in [0.2, 0.25) is 5.91 Å². The van der Waals surface area contributed by atoms with Crippen molar-refractivity contribution >= 4 is 27.3 Å². The molecule has 0 aliphatic heterocycles. The van der Waals surface area contributed by atoms with Crippen LogP contribution in [0, 0.1) is 0 Å². The first-order valence-corrected chi connectivity index (χ1v) is 12.3. The standard InChI is InChI=1S/C27H21F3N2O3S/c28-27(29,30)21-12-9-13-22(18-21)32(36(34,35)23-14-5-2-6-15-23)19-26(33)31-25-17-8-7-16-24(25)20-10-3-1-4-11-20/h1-18H,19H2,(H,31,33). The number of benzene rings is 4. The van der Waals surface area contributed by atoms with E-state index in [4.69, 9.17) is 0 Å². The van der Waals surface area contributed by atoms with Crippen LogP contribution >= 0.6 is 0 Å². The second kappa shape index (κ2) is 10.2. The van der Waals surface area contributed by atoms with Crippen molar-refractivity contribution in [3.63, 3.8) is 0 Å². The highest BCUT2D eigenvalue weighted by Crippen LogP contribution is 2.33. The molecular formula is C27H21F3N2O3S. The van der Waals surface area contributed by atoms with E-state index in [0.29, 0.717) is 21.6 Å². The van der Waals surface area contributed by atoms with Crippen LogP contribution in [0.15, 0.2) is 114 Å². The molecule has 0 atom stereocenters. The molecule has 0 saturated carbocycles. The first-order chi connectivity index (χ1) is 17.2. The molecule has 5 nitrogen and oxygen atoms in total. The maximum Gasteiger partial charge on any atom is 0.416 e. The lowest BCUT2D eigenvalue weighted by atomic mass is 10.0. The molecule has 0 bridgehead atoms. The summed E-state index contributed by atoms with van der Waals surface area (Å²) >= 11 is 0. The Balaban J connectivity index is 1.70. The third-order valence-corrected chi connectivity index (χ3v) is 7.15. The van der Waals surface area contributed by atoms with Crippen LogP contribution in [0.2, 0.25) is 0 Å². The molecule has 0 fully saturated rings. The summed E-state index contributed by atoms with van der Waals surface area (Å²) < 4.78 is 67.6. The Morgan fingerprint density at radius 2 is 1.39 bits per heavy atom. The molecule has 0 heterocycles. The molecule has 1 amide bonds. The lowest BCUT2D eigenvalue weighted by Gasteiger charge is -2.25. The van der Waals surface area contributed by atoms with E-state index < -0.39 is 34.2 Å². The van der Waals surface area contributed by atoms with E-state index in [-0.39, 0.29) is 10.6 Å². The number of nitrogens with zero attached hydrogens (tertiary/aromatic N) is 1. The maximum absolute atomic E-state index is 13.4. The maximum atomic E-state index is 13.4. The second-order valence-electron chi connectivity index (χ2n) is 7.83. The van der Waals surface area contributed by atoms with Crippen LogP contribution in [-0.2, 0) is 21.0 Å². The quantitative estimate of drug-likeness (QED) is 0.322. The lowest BCUT2D eigenvalue weighted by molar-refractivity contribution is -0.137. The first-order valence-electron chi connectivity index (χ1n) is 10.9. The normalized spacial score (nSPS) is 11.6. The summed E-state index contributed by atoms with van der Waals surface area (Å²) in [6, 6.07) is 27.4. The van der Waals surface area contributed by atoms with Crippen LogP contribution in [0.1, 0.15) is 5.56 Å². The van der Waals surface area contributed by atoms with Gasteiger partial charge < -0.3 is 5.32 Å². The van der Waals surface area contributed by atoms with Crippen LogP contribution < -0.4 is 9.62 Å². The molecule has 0 aliphatic rings. The summed E-state index contributed by atoms with van der Waals surface area (Å²) in [7, 11) is -4.36. The molecule has 0 saturated heterocycles. The van der Waals surface area contributed by atoms with E-state index in [9.17, 15) is 26.4 Å². The highest BCUT2D eigenvalue weighted by molar-refractivity contribution is 7.92. The second-order valence-corrected chi connectivity index (χ2v) is 9.69. The Labute approximate surface area is 206 Å². The average molecular weight is 511 g/mol. The van der Waals surface area contributed by atoms with Crippen LogP contribution in [0.5, 0.6) is 0 Å². The summed E-state index contributed by atoms with van der Waals surface area (Å²) in [4.78, 5) is 12.9. The van der Waals surface area contributed by atoms with E-state index in [0.717, 1.165) is 17.7 Å². The SMILES string of the molecule is O=C(CN(c1cccc(C(F)(F)F)c1)S(=O)(=O)c1ccccc1)Nc1ccccc1-c1ccccc1. The fraction of sp³-hybridized carbons (Fsp3) is 0.0741. The monoisotopic (exact) mass is 510 g/mol. The number of sulfonamides is 1. The summed E-state index contributed by atoms with van der Waals surface area (Å²) in [5.41, 5.74) is 0.682. The van der Waals surface area contributed by atoms with Gasteiger partial charge in [-0.2, -0.15) is 13.2 Å². The predicted octanol–water partition coefficient (Wildman–Crippen LogP) is 6.21. The number of halogens is 3. The van der Waals surface area contributed by atoms with E-state index in [1.807, 2.05) is 30.3 Å². The van der Waals surface area contributed by atoms with Gasteiger partial charge >= 0.3 is 6.18 Å². The number of amides is 1. The Bertz CT molecular complexity index is 1460. The smallest absolute Gasteiger partial charge is 0.324 e. The lowest BCUT2D eigenvalue weighted by Crippen LogP contribution is -2.38. The Morgan fingerprint density at radius 3 is 2.06 bits per heavy atom. The van der Waals surface area contributed by atoms with Gasteiger partial charge in [0.1, 0.15) is 6.54 Å². The molecule has 0 radical (unpaired) electrons. The van der Waals surface area contributed by atoms with Crippen molar-refractivity contribution in [3.8, 4) is 11.1 Å². The number of para-hydroxylation sites is 1. The number of hydrogen-bond donors (Lipinski definition) is 1. The van der Waals surface area contributed by atoms with E-state index in [2.05, 4.69) is 5.32 Å². The van der Waals surface area contributed by atoms with Crippen LogP contribution in [-0.4, -0.2) is 20.9 Å². The minimum Gasteiger partial charge on any atom is -0.324 e. The van der Waals surface area contributed by atoms with Crippen molar-refractivity contribution < 1.29 is 26.4 Å². The third-order valence-electron chi connectivity index (χ3n) is 5.37. The molecule has 36 heavy (non-hydrogen) atoms. The number of alkyl halides is 3. The number of carbonyl (C=O) groups is 1.